The number of carbonyl (C=O) groups is 1. The van der Waals surface area contributed by atoms with Crippen LogP contribution in [0.15, 0.2) is 0 Å². The standard InChI is InChI=1S/C17H28N2O3S/c1-11(2)17-19-12(3)15(23-17)16(21)18-9-13(20)10-22-14-7-5-4-6-8-14/h11,13-14,20H,4-10H2,1-3H3,(H,18,21)/t13-/m0/s1. The summed E-state index contributed by atoms with van der Waals surface area (Å²) in [5.74, 6) is 0.151. The molecule has 1 fully saturated rings. The molecule has 0 aliphatic heterocycles. The van der Waals surface area contributed by atoms with Crippen molar-refractivity contribution in [1.29, 1.82) is 0 Å². The molecule has 23 heavy (non-hydrogen) atoms. The van der Waals surface area contributed by atoms with Crippen LogP contribution in [0.5, 0.6) is 0 Å². The molecular formula is C17H28N2O3S. The van der Waals surface area contributed by atoms with Crippen LogP contribution in [-0.4, -0.2) is 41.4 Å². The Hall–Kier alpha value is -0.980. The van der Waals surface area contributed by atoms with E-state index < -0.39 is 6.10 Å². The van der Waals surface area contributed by atoms with Gasteiger partial charge in [0.05, 0.1) is 29.5 Å². The molecule has 1 aromatic rings. The van der Waals surface area contributed by atoms with Crippen LogP contribution >= 0.6 is 11.3 Å². The smallest absolute Gasteiger partial charge is 0.263 e. The quantitative estimate of drug-likeness (QED) is 0.800. The molecule has 1 saturated carbocycles. The normalized spacial score (nSPS) is 17.4. The van der Waals surface area contributed by atoms with Gasteiger partial charge in [0.25, 0.3) is 5.91 Å². The molecule has 1 aliphatic carbocycles. The van der Waals surface area contributed by atoms with Crippen molar-refractivity contribution in [3.05, 3.63) is 15.6 Å². The van der Waals surface area contributed by atoms with Crippen molar-refractivity contribution >= 4 is 17.2 Å². The number of amides is 1. The Balaban J connectivity index is 1.74. The fourth-order valence-corrected chi connectivity index (χ4v) is 3.69. The highest BCUT2D eigenvalue weighted by Crippen LogP contribution is 2.24. The monoisotopic (exact) mass is 340 g/mol. The second-order valence-electron chi connectivity index (χ2n) is 6.58. The van der Waals surface area contributed by atoms with Crippen LogP contribution in [0.2, 0.25) is 0 Å². The summed E-state index contributed by atoms with van der Waals surface area (Å²) in [5.41, 5.74) is 0.754. The number of aliphatic hydroxyl groups excluding tert-OH is 1. The van der Waals surface area contributed by atoms with Crippen LogP contribution in [0.25, 0.3) is 0 Å². The minimum atomic E-state index is -0.668. The summed E-state index contributed by atoms with van der Waals surface area (Å²) in [5, 5.41) is 13.7. The summed E-state index contributed by atoms with van der Waals surface area (Å²) < 4.78 is 5.73. The lowest BCUT2D eigenvalue weighted by Crippen LogP contribution is -2.35. The van der Waals surface area contributed by atoms with Crippen molar-refractivity contribution in [3.63, 3.8) is 0 Å². The number of aliphatic hydroxyl groups is 1. The van der Waals surface area contributed by atoms with E-state index in [1.54, 1.807) is 0 Å². The van der Waals surface area contributed by atoms with Crippen molar-refractivity contribution in [1.82, 2.24) is 10.3 Å². The number of ether oxygens (including phenoxy) is 1. The minimum Gasteiger partial charge on any atom is -0.389 e. The van der Waals surface area contributed by atoms with Gasteiger partial charge >= 0.3 is 0 Å². The molecule has 6 heteroatoms. The average Bonchev–Trinajstić information content (AvgIpc) is 2.94. The van der Waals surface area contributed by atoms with Crippen LogP contribution < -0.4 is 5.32 Å². The number of thiazole rings is 1. The number of aromatic nitrogens is 1. The first-order valence-corrected chi connectivity index (χ1v) is 9.34. The highest BCUT2D eigenvalue weighted by Gasteiger charge is 2.19. The fraction of sp³-hybridized carbons (Fsp3) is 0.765. The van der Waals surface area contributed by atoms with Crippen LogP contribution in [0.3, 0.4) is 0 Å². The van der Waals surface area contributed by atoms with E-state index >= 15 is 0 Å². The predicted molar refractivity (Wildman–Crippen MR) is 92.1 cm³/mol. The summed E-state index contributed by atoms with van der Waals surface area (Å²) in [6.07, 6.45) is 5.46. The molecule has 0 aromatic carbocycles. The highest BCUT2D eigenvalue weighted by atomic mass is 32.1. The minimum absolute atomic E-state index is 0.163. The molecule has 130 valence electrons. The van der Waals surface area contributed by atoms with Crippen molar-refractivity contribution in [2.75, 3.05) is 13.2 Å². The first-order chi connectivity index (χ1) is 11.0. The number of carbonyl (C=O) groups excluding carboxylic acids is 1. The summed E-state index contributed by atoms with van der Waals surface area (Å²) in [4.78, 5) is 17.3. The Kier molecular flexibility index (Phi) is 6.99. The Morgan fingerprint density at radius 3 is 2.70 bits per heavy atom. The largest absolute Gasteiger partial charge is 0.389 e. The molecular weight excluding hydrogens is 312 g/mol. The first kappa shape index (κ1) is 18.4. The highest BCUT2D eigenvalue weighted by molar-refractivity contribution is 7.13. The molecule has 1 aromatic heterocycles. The van der Waals surface area contributed by atoms with Gasteiger partial charge in [0, 0.05) is 12.5 Å². The van der Waals surface area contributed by atoms with E-state index in [1.165, 1.54) is 30.6 Å². The lowest BCUT2D eigenvalue weighted by molar-refractivity contribution is -0.0225. The van der Waals surface area contributed by atoms with Crippen molar-refractivity contribution < 1.29 is 14.6 Å². The summed E-state index contributed by atoms with van der Waals surface area (Å²) >= 11 is 1.43. The zero-order valence-electron chi connectivity index (χ0n) is 14.3. The Labute approximate surface area is 142 Å². The molecule has 0 unspecified atom stereocenters. The Morgan fingerprint density at radius 2 is 2.09 bits per heavy atom. The van der Waals surface area contributed by atoms with E-state index in [4.69, 9.17) is 4.74 Å². The average molecular weight is 340 g/mol. The van der Waals surface area contributed by atoms with E-state index in [2.05, 4.69) is 24.1 Å². The van der Waals surface area contributed by atoms with E-state index in [1.807, 2.05) is 6.92 Å². The number of hydrogen-bond acceptors (Lipinski definition) is 5. The van der Waals surface area contributed by atoms with Crippen molar-refractivity contribution in [3.8, 4) is 0 Å². The van der Waals surface area contributed by atoms with Gasteiger partial charge < -0.3 is 15.2 Å². The fourth-order valence-electron chi connectivity index (χ4n) is 2.70. The predicted octanol–water partition coefficient (Wildman–Crippen LogP) is 3.01. The van der Waals surface area contributed by atoms with Crippen LogP contribution in [-0.2, 0) is 4.74 Å². The topological polar surface area (TPSA) is 71.5 Å². The van der Waals surface area contributed by atoms with Gasteiger partial charge in [0.1, 0.15) is 4.88 Å². The summed E-state index contributed by atoms with van der Waals surface area (Å²) in [6.45, 7) is 6.46. The number of rotatable bonds is 7. The third-order valence-electron chi connectivity index (χ3n) is 4.09. The molecule has 2 rings (SSSR count). The third kappa shape index (κ3) is 5.55. The van der Waals surface area contributed by atoms with Gasteiger partial charge in [-0.2, -0.15) is 0 Å². The first-order valence-electron chi connectivity index (χ1n) is 8.52. The number of nitrogens with zero attached hydrogens (tertiary/aromatic N) is 1. The molecule has 1 amide bonds. The van der Waals surface area contributed by atoms with Gasteiger partial charge in [-0.3, -0.25) is 4.79 Å². The molecule has 1 aliphatic rings. The molecule has 0 radical (unpaired) electrons. The molecule has 0 saturated heterocycles. The maximum Gasteiger partial charge on any atom is 0.263 e. The van der Waals surface area contributed by atoms with Gasteiger partial charge in [-0.15, -0.1) is 11.3 Å². The molecule has 0 spiro atoms. The van der Waals surface area contributed by atoms with Crippen LogP contribution in [0.1, 0.15) is 72.2 Å². The number of nitrogens with one attached hydrogen (secondary N) is 1. The maximum absolute atomic E-state index is 12.2. The molecule has 0 bridgehead atoms. The molecule has 2 N–H and O–H groups in total. The molecule has 1 atom stereocenters. The maximum atomic E-state index is 12.2. The van der Waals surface area contributed by atoms with Crippen LogP contribution in [0.4, 0.5) is 0 Å². The van der Waals surface area contributed by atoms with Crippen molar-refractivity contribution in [2.45, 2.75) is 71.0 Å². The lowest BCUT2D eigenvalue weighted by atomic mass is 9.98. The van der Waals surface area contributed by atoms with Crippen LogP contribution in [0, 0.1) is 6.92 Å². The van der Waals surface area contributed by atoms with E-state index in [0.717, 1.165) is 23.5 Å². The van der Waals surface area contributed by atoms with Crippen molar-refractivity contribution in [2.24, 2.45) is 0 Å². The van der Waals surface area contributed by atoms with Gasteiger partial charge in [-0.05, 0) is 19.8 Å². The zero-order valence-corrected chi connectivity index (χ0v) is 15.1. The second kappa shape index (κ2) is 8.76. The van der Waals surface area contributed by atoms with Gasteiger partial charge in [-0.25, -0.2) is 4.98 Å². The van der Waals surface area contributed by atoms with Gasteiger partial charge in [0.15, 0.2) is 0 Å². The number of hydrogen-bond donors (Lipinski definition) is 2. The Bertz CT molecular complexity index is 510. The molecule has 1 heterocycles. The Morgan fingerprint density at radius 1 is 1.39 bits per heavy atom. The van der Waals surface area contributed by atoms with E-state index in [0.29, 0.717) is 10.8 Å². The zero-order chi connectivity index (χ0) is 16.8. The van der Waals surface area contributed by atoms with E-state index in [9.17, 15) is 9.90 Å². The summed E-state index contributed by atoms with van der Waals surface area (Å²) in [6, 6.07) is 0. The number of aryl methyl sites for hydroxylation is 1. The van der Waals surface area contributed by atoms with E-state index in [-0.39, 0.29) is 25.2 Å². The van der Waals surface area contributed by atoms with Gasteiger partial charge in [0.2, 0.25) is 0 Å². The molecule has 5 nitrogen and oxygen atoms in total. The second-order valence-corrected chi connectivity index (χ2v) is 7.61. The summed E-state index contributed by atoms with van der Waals surface area (Å²) in [7, 11) is 0. The third-order valence-corrected chi connectivity index (χ3v) is 5.54. The lowest BCUT2D eigenvalue weighted by Gasteiger charge is -2.23. The van der Waals surface area contributed by atoms with Gasteiger partial charge in [-0.1, -0.05) is 33.1 Å². The SMILES string of the molecule is Cc1nc(C(C)C)sc1C(=O)NC[C@H](O)COC1CCCCC1.